The topological polar surface area (TPSA) is 41.6 Å². The van der Waals surface area contributed by atoms with Gasteiger partial charge in [0, 0.05) is 20.2 Å². The van der Waals surface area contributed by atoms with Crippen LogP contribution in [0.15, 0.2) is 0 Å². The summed E-state index contributed by atoms with van der Waals surface area (Å²) in [5, 5.41) is 3.37. The molecule has 4 heteroatoms. The maximum Gasteiger partial charge on any atom is 0.228 e. The molecule has 1 aliphatic carbocycles. The molecule has 1 N–H and O–H groups in total. The van der Waals surface area contributed by atoms with Gasteiger partial charge in [0.25, 0.3) is 0 Å². The maximum absolute atomic E-state index is 12.8. The molecule has 0 unspecified atom stereocenters. The monoisotopic (exact) mass is 282 g/mol. The first-order valence-electron chi connectivity index (χ1n) is 8.22. The van der Waals surface area contributed by atoms with Crippen molar-refractivity contribution in [3.05, 3.63) is 0 Å². The van der Waals surface area contributed by atoms with Gasteiger partial charge in [-0.3, -0.25) is 4.79 Å². The molecule has 0 aromatic heterocycles. The van der Waals surface area contributed by atoms with Gasteiger partial charge in [0.05, 0.1) is 12.0 Å². The zero-order valence-corrected chi connectivity index (χ0v) is 13.1. The quantitative estimate of drug-likeness (QED) is 0.693. The molecule has 0 aromatic carbocycles. The minimum absolute atomic E-state index is 0.120. The first-order chi connectivity index (χ1) is 9.68. The Morgan fingerprint density at radius 3 is 2.65 bits per heavy atom. The first-order valence-corrected chi connectivity index (χ1v) is 8.22. The second kappa shape index (κ2) is 7.41. The average molecular weight is 282 g/mol. The molecule has 20 heavy (non-hydrogen) atoms. The highest BCUT2D eigenvalue weighted by Crippen LogP contribution is 2.35. The second-order valence-electron chi connectivity index (χ2n) is 6.53. The summed E-state index contributed by atoms with van der Waals surface area (Å²) in [7, 11) is 1.93. The van der Waals surface area contributed by atoms with E-state index < -0.39 is 0 Å². The molecule has 0 radical (unpaired) electrons. The Bertz CT molecular complexity index is 304. The number of carbonyl (C=O) groups excluding carboxylic acids is 1. The molecule has 116 valence electrons. The normalized spacial score (nSPS) is 21.7. The third-order valence-corrected chi connectivity index (χ3v) is 4.71. The van der Waals surface area contributed by atoms with Crippen molar-refractivity contribution in [2.24, 2.45) is 11.3 Å². The summed E-state index contributed by atoms with van der Waals surface area (Å²) < 4.78 is 5.65. The standard InChI is InChI=1S/C16H30N2O2/c1-3-6-16(7-9-17-10-8-16)15(19)18(2)11-12-20-13-14-4-5-14/h14,17H,3-13H2,1-2H3. The van der Waals surface area contributed by atoms with E-state index in [0.717, 1.165) is 57.8 Å². The second-order valence-corrected chi connectivity index (χ2v) is 6.53. The van der Waals surface area contributed by atoms with E-state index in [0.29, 0.717) is 12.5 Å². The summed E-state index contributed by atoms with van der Waals surface area (Å²) in [5.74, 6) is 1.13. The summed E-state index contributed by atoms with van der Waals surface area (Å²) in [6.07, 6.45) is 6.70. The van der Waals surface area contributed by atoms with Gasteiger partial charge in [0.2, 0.25) is 5.91 Å². The Hall–Kier alpha value is -0.610. The Morgan fingerprint density at radius 1 is 1.35 bits per heavy atom. The van der Waals surface area contributed by atoms with Gasteiger partial charge in [-0.15, -0.1) is 0 Å². The van der Waals surface area contributed by atoms with Crippen molar-refractivity contribution in [3.63, 3.8) is 0 Å². The maximum atomic E-state index is 12.8. The van der Waals surface area contributed by atoms with Crippen molar-refractivity contribution in [1.29, 1.82) is 0 Å². The lowest BCUT2D eigenvalue weighted by Gasteiger charge is -2.39. The minimum Gasteiger partial charge on any atom is -0.379 e. The Labute approximate surface area is 123 Å². The fourth-order valence-electron chi connectivity index (χ4n) is 3.20. The summed E-state index contributed by atoms with van der Waals surface area (Å²) in [4.78, 5) is 14.7. The number of hydrogen-bond acceptors (Lipinski definition) is 3. The zero-order valence-electron chi connectivity index (χ0n) is 13.1. The van der Waals surface area contributed by atoms with Crippen LogP contribution in [0.2, 0.25) is 0 Å². The predicted molar refractivity (Wildman–Crippen MR) is 80.6 cm³/mol. The molecule has 2 rings (SSSR count). The number of piperidine rings is 1. The van der Waals surface area contributed by atoms with E-state index in [2.05, 4.69) is 12.2 Å². The number of nitrogens with one attached hydrogen (secondary N) is 1. The van der Waals surface area contributed by atoms with Crippen LogP contribution < -0.4 is 5.32 Å². The molecular formula is C16H30N2O2. The van der Waals surface area contributed by atoms with Crippen LogP contribution in [-0.2, 0) is 9.53 Å². The summed E-state index contributed by atoms with van der Waals surface area (Å²) in [6, 6.07) is 0. The molecule has 1 saturated carbocycles. The third kappa shape index (κ3) is 4.19. The molecule has 0 bridgehead atoms. The number of amides is 1. The molecule has 0 atom stereocenters. The van der Waals surface area contributed by atoms with Crippen LogP contribution in [0.5, 0.6) is 0 Å². The fraction of sp³-hybridized carbons (Fsp3) is 0.938. The number of ether oxygens (including phenoxy) is 1. The number of carbonyl (C=O) groups is 1. The van der Waals surface area contributed by atoms with E-state index in [1.54, 1.807) is 0 Å². The van der Waals surface area contributed by atoms with Crippen LogP contribution in [0.25, 0.3) is 0 Å². The van der Waals surface area contributed by atoms with E-state index in [-0.39, 0.29) is 5.41 Å². The Balaban J connectivity index is 1.78. The van der Waals surface area contributed by atoms with Crippen LogP contribution in [0, 0.1) is 11.3 Å². The van der Waals surface area contributed by atoms with E-state index in [9.17, 15) is 4.79 Å². The van der Waals surface area contributed by atoms with Crippen molar-refractivity contribution < 1.29 is 9.53 Å². The molecule has 1 amide bonds. The molecule has 0 spiro atoms. The molecule has 4 nitrogen and oxygen atoms in total. The highest BCUT2D eigenvalue weighted by molar-refractivity contribution is 5.82. The molecule has 1 saturated heterocycles. The van der Waals surface area contributed by atoms with Crippen LogP contribution in [0.4, 0.5) is 0 Å². The largest absolute Gasteiger partial charge is 0.379 e. The van der Waals surface area contributed by atoms with Gasteiger partial charge < -0.3 is 15.0 Å². The lowest BCUT2D eigenvalue weighted by atomic mass is 9.74. The molecule has 2 fully saturated rings. The predicted octanol–water partition coefficient (Wildman–Crippen LogP) is 2.04. The number of nitrogens with zero attached hydrogens (tertiary/aromatic N) is 1. The van der Waals surface area contributed by atoms with Crippen LogP contribution in [0.3, 0.4) is 0 Å². The summed E-state index contributed by atoms with van der Waals surface area (Å²) in [6.45, 7) is 6.40. The van der Waals surface area contributed by atoms with E-state index >= 15 is 0 Å². The van der Waals surface area contributed by atoms with Crippen LogP contribution in [-0.4, -0.2) is 50.7 Å². The SMILES string of the molecule is CCCC1(C(=O)N(C)CCOCC2CC2)CCNCC1. The Kier molecular flexibility index (Phi) is 5.85. The molecule has 2 aliphatic rings. The van der Waals surface area contributed by atoms with Crippen molar-refractivity contribution in [2.75, 3.05) is 39.9 Å². The van der Waals surface area contributed by atoms with Gasteiger partial charge in [-0.05, 0) is 51.1 Å². The smallest absolute Gasteiger partial charge is 0.228 e. The lowest BCUT2D eigenvalue weighted by Crippen LogP contribution is -2.48. The number of likely N-dealkylation sites (N-methyl/N-ethyl adjacent to an activating group) is 1. The van der Waals surface area contributed by atoms with Crippen molar-refractivity contribution in [2.45, 2.75) is 45.4 Å². The van der Waals surface area contributed by atoms with Gasteiger partial charge in [-0.2, -0.15) is 0 Å². The van der Waals surface area contributed by atoms with Gasteiger partial charge in [0.1, 0.15) is 0 Å². The number of rotatable bonds is 8. The average Bonchev–Trinajstić information content (AvgIpc) is 3.28. The van der Waals surface area contributed by atoms with Crippen molar-refractivity contribution in [3.8, 4) is 0 Å². The number of hydrogen-bond donors (Lipinski definition) is 1. The minimum atomic E-state index is -0.120. The summed E-state index contributed by atoms with van der Waals surface area (Å²) in [5.41, 5.74) is -0.120. The van der Waals surface area contributed by atoms with Gasteiger partial charge in [-0.1, -0.05) is 13.3 Å². The third-order valence-electron chi connectivity index (χ3n) is 4.71. The molecule has 1 aliphatic heterocycles. The first kappa shape index (κ1) is 15.8. The molecule has 0 aromatic rings. The highest BCUT2D eigenvalue weighted by Gasteiger charge is 2.40. The van der Waals surface area contributed by atoms with Crippen LogP contribution in [0.1, 0.15) is 45.4 Å². The van der Waals surface area contributed by atoms with Gasteiger partial charge >= 0.3 is 0 Å². The molecule has 1 heterocycles. The van der Waals surface area contributed by atoms with E-state index in [4.69, 9.17) is 4.74 Å². The van der Waals surface area contributed by atoms with Crippen molar-refractivity contribution in [1.82, 2.24) is 10.2 Å². The van der Waals surface area contributed by atoms with E-state index in [1.807, 2.05) is 11.9 Å². The van der Waals surface area contributed by atoms with Gasteiger partial charge in [-0.25, -0.2) is 0 Å². The van der Waals surface area contributed by atoms with E-state index in [1.165, 1.54) is 12.8 Å². The van der Waals surface area contributed by atoms with Gasteiger partial charge in [0.15, 0.2) is 0 Å². The Morgan fingerprint density at radius 2 is 2.05 bits per heavy atom. The molecular weight excluding hydrogens is 252 g/mol. The fourth-order valence-corrected chi connectivity index (χ4v) is 3.20. The lowest BCUT2D eigenvalue weighted by molar-refractivity contribution is -0.143. The zero-order chi connectivity index (χ0) is 14.4. The highest BCUT2D eigenvalue weighted by atomic mass is 16.5. The van der Waals surface area contributed by atoms with Crippen molar-refractivity contribution >= 4 is 5.91 Å². The summed E-state index contributed by atoms with van der Waals surface area (Å²) >= 11 is 0. The van der Waals surface area contributed by atoms with Crippen LogP contribution >= 0.6 is 0 Å².